The van der Waals surface area contributed by atoms with Gasteiger partial charge in [0.05, 0.1) is 13.2 Å². The number of thiophene rings is 1. The van der Waals surface area contributed by atoms with Crippen molar-refractivity contribution in [3.05, 3.63) is 46.4 Å². The molecule has 1 saturated heterocycles. The van der Waals surface area contributed by atoms with Crippen molar-refractivity contribution >= 4 is 22.9 Å². The Morgan fingerprint density at radius 3 is 3.00 bits per heavy atom. The number of amides is 1. The maximum Gasteiger partial charge on any atom is 0.269 e. The Labute approximate surface area is 140 Å². The molecule has 0 aliphatic carbocycles. The number of rotatable bonds is 5. The van der Waals surface area contributed by atoms with E-state index in [4.69, 9.17) is 4.74 Å². The molecule has 3 rings (SSSR count). The number of nitrogens with zero attached hydrogens (tertiary/aromatic N) is 2. The molecule has 0 radical (unpaired) electrons. The van der Waals surface area contributed by atoms with Gasteiger partial charge in [-0.1, -0.05) is 6.92 Å². The van der Waals surface area contributed by atoms with Crippen molar-refractivity contribution < 1.29 is 9.53 Å². The van der Waals surface area contributed by atoms with Crippen LogP contribution in [0.15, 0.2) is 35.2 Å². The summed E-state index contributed by atoms with van der Waals surface area (Å²) in [6, 6.07) is 5.89. The molecule has 0 unspecified atom stereocenters. The highest BCUT2D eigenvalue weighted by Gasteiger charge is 2.15. The molecule has 23 heavy (non-hydrogen) atoms. The lowest BCUT2D eigenvalue weighted by molar-refractivity contribution is 0.0946. The second-order valence-electron chi connectivity index (χ2n) is 5.67. The van der Waals surface area contributed by atoms with Gasteiger partial charge in [-0.2, -0.15) is 11.3 Å². The zero-order chi connectivity index (χ0) is 16.1. The van der Waals surface area contributed by atoms with Gasteiger partial charge in [-0.15, -0.1) is 0 Å². The minimum absolute atomic E-state index is 0.123. The van der Waals surface area contributed by atoms with Crippen molar-refractivity contribution in [1.29, 1.82) is 0 Å². The highest BCUT2D eigenvalue weighted by molar-refractivity contribution is 7.07. The maximum atomic E-state index is 12.3. The largest absolute Gasteiger partial charge is 0.378 e. The highest BCUT2D eigenvalue weighted by Crippen LogP contribution is 2.18. The summed E-state index contributed by atoms with van der Waals surface area (Å²) < 4.78 is 5.36. The minimum Gasteiger partial charge on any atom is -0.378 e. The number of carbonyl (C=O) groups is 1. The summed E-state index contributed by atoms with van der Waals surface area (Å²) in [6.45, 7) is 5.86. The van der Waals surface area contributed by atoms with E-state index in [9.17, 15) is 4.79 Å². The Kier molecular flexibility index (Phi) is 5.25. The molecular formula is C17H21N3O2S. The first kappa shape index (κ1) is 16.0. The average Bonchev–Trinajstić information content (AvgIpc) is 3.15. The predicted molar refractivity (Wildman–Crippen MR) is 92.3 cm³/mol. The second kappa shape index (κ2) is 7.57. The SMILES string of the molecule is C[C@H](CNC(=O)c1cc(N2CCOCC2)ccn1)c1ccsc1. The first-order chi connectivity index (χ1) is 11.2. The van der Waals surface area contributed by atoms with Gasteiger partial charge in [-0.05, 0) is 40.4 Å². The van der Waals surface area contributed by atoms with Crippen molar-refractivity contribution in [3.8, 4) is 0 Å². The van der Waals surface area contributed by atoms with Crippen LogP contribution in [0.3, 0.4) is 0 Å². The molecule has 0 spiro atoms. The van der Waals surface area contributed by atoms with E-state index in [1.165, 1.54) is 5.56 Å². The van der Waals surface area contributed by atoms with Crippen LogP contribution in [0.4, 0.5) is 5.69 Å². The molecule has 1 N–H and O–H groups in total. The van der Waals surface area contributed by atoms with E-state index in [0.717, 1.165) is 32.0 Å². The average molecular weight is 331 g/mol. The molecule has 1 atom stereocenters. The van der Waals surface area contributed by atoms with Gasteiger partial charge < -0.3 is 15.0 Å². The van der Waals surface area contributed by atoms with Crippen LogP contribution in [0.5, 0.6) is 0 Å². The predicted octanol–water partition coefficient (Wildman–Crippen LogP) is 2.51. The van der Waals surface area contributed by atoms with Crippen LogP contribution in [0.2, 0.25) is 0 Å². The van der Waals surface area contributed by atoms with Gasteiger partial charge in [0.15, 0.2) is 0 Å². The normalized spacial score (nSPS) is 16.1. The number of morpholine rings is 1. The van der Waals surface area contributed by atoms with Crippen LogP contribution in [0, 0.1) is 0 Å². The van der Waals surface area contributed by atoms with Crippen molar-refractivity contribution in [2.45, 2.75) is 12.8 Å². The third-order valence-electron chi connectivity index (χ3n) is 4.03. The number of hydrogen-bond donors (Lipinski definition) is 1. The topological polar surface area (TPSA) is 54.5 Å². The van der Waals surface area contributed by atoms with E-state index in [2.05, 4.69) is 39.0 Å². The van der Waals surface area contributed by atoms with Crippen molar-refractivity contribution in [1.82, 2.24) is 10.3 Å². The van der Waals surface area contributed by atoms with E-state index >= 15 is 0 Å². The van der Waals surface area contributed by atoms with Gasteiger partial charge in [0.2, 0.25) is 0 Å². The van der Waals surface area contributed by atoms with Gasteiger partial charge in [0, 0.05) is 31.5 Å². The minimum atomic E-state index is -0.123. The Hall–Kier alpha value is -1.92. The number of ether oxygens (including phenoxy) is 1. The smallest absolute Gasteiger partial charge is 0.269 e. The van der Waals surface area contributed by atoms with E-state index in [-0.39, 0.29) is 5.91 Å². The van der Waals surface area contributed by atoms with Gasteiger partial charge in [0.1, 0.15) is 5.69 Å². The van der Waals surface area contributed by atoms with E-state index < -0.39 is 0 Å². The van der Waals surface area contributed by atoms with Crippen LogP contribution in [-0.2, 0) is 4.74 Å². The highest BCUT2D eigenvalue weighted by atomic mass is 32.1. The molecule has 122 valence electrons. The van der Waals surface area contributed by atoms with Gasteiger partial charge in [-0.25, -0.2) is 0 Å². The number of carbonyl (C=O) groups excluding carboxylic acids is 1. The molecule has 1 aliphatic heterocycles. The third kappa shape index (κ3) is 4.09. The number of aromatic nitrogens is 1. The zero-order valence-electron chi connectivity index (χ0n) is 13.2. The monoisotopic (exact) mass is 331 g/mol. The van der Waals surface area contributed by atoms with E-state index in [1.54, 1.807) is 17.5 Å². The van der Waals surface area contributed by atoms with Gasteiger partial charge >= 0.3 is 0 Å². The molecule has 1 amide bonds. The second-order valence-corrected chi connectivity index (χ2v) is 6.45. The molecule has 3 heterocycles. The molecular weight excluding hydrogens is 310 g/mol. The first-order valence-corrected chi connectivity index (χ1v) is 8.77. The molecule has 1 aliphatic rings. The van der Waals surface area contributed by atoms with Crippen LogP contribution in [0.1, 0.15) is 28.9 Å². The Bertz CT molecular complexity index is 639. The number of anilines is 1. The standard InChI is InChI=1S/C17H21N3O2S/c1-13(14-3-9-23-12-14)11-19-17(21)16-10-15(2-4-18-16)20-5-7-22-8-6-20/h2-4,9-10,12-13H,5-8,11H2,1H3,(H,19,21)/t13-/m1/s1. The van der Waals surface area contributed by atoms with Crippen LogP contribution < -0.4 is 10.2 Å². The fourth-order valence-electron chi connectivity index (χ4n) is 2.57. The number of pyridine rings is 1. The third-order valence-corrected chi connectivity index (χ3v) is 4.73. The molecule has 0 aromatic carbocycles. The molecule has 2 aromatic rings. The fourth-order valence-corrected chi connectivity index (χ4v) is 3.35. The van der Waals surface area contributed by atoms with Crippen LogP contribution >= 0.6 is 11.3 Å². The summed E-state index contributed by atoms with van der Waals surface area (Å²) in [5.74, 6) is 0.176. The van der Waals surface area contributed by atoms with Crippen molar-refractivity contribution in [3.63, 3.8) is 0 Å². The summed E-state index contributed by atoms with van der Waals surface area (Å²) in [7, 11) is 0. The van der Waals surface area contributed by atoms with E-state index in [1.807, 2.05) is 12.1 Å². The maximum absolute atomic E-state index is 12.3. The summed E-state index contributed by atoms with van der Waals surface area (Å²) in [5.41, 5.74) is 2.75. The summed E-state index contributed by atoms with van der Waals surface area (Å²) in [4.78, 5) is 18.8. The Balaban J connectivity index is 1.60. The van der Waals surface area contributed by atoms with Gasteiger partial charge in [0.25, 0.3) is 5.91 Å². The van der Waals surface area contributed by atoms with E-state index in [0.29, 0.717) is 18.2 Å². The van der Waals surface area contributed by atoms with Crippen molar-refractivity contribution in [2.24, 2.45) is 0 Å². The lowest BCUT2D eigenvalue weighted by Crippen LogP contribution is -2.36. The quantitative estimate of drug-likeness (QED) is 0.915. The Morgan fingerprint density at radius 2 is 2.26 bits per heavy atom. The molecule has 0 bridgehead atoms. The lowest BCUT2D eigenvalue weighted by Gasteiger charge is -2.28. The molecule has 6 heteroatoms. The molecule has 1 fully saturated rings. The number of hydrogen-bond acceptors (Lipinski definition) is 5. The molecule has 2 aromatic heterocycles. The zero-order valence-corrected chi connectivity index (χ0v) is 14.0. The summed E-state index contributed by atoms with van der Waals surface area (Å²) in [6.07, 6.45) is 1.70. The molecule has 5 nitrogen and oxygen atoms in total. The first-order valence-electron chi connectivity index (χ1n) is 7.83. The fraction of sp³-hybridized carbons (Fsp3) is 0.412. The lowest BCUT2D eigenvalue weighted by atomic mass is 10.1. The van der Waals surface area contributed by atoms with Crippen LogP contribution in [-0.4, -0.2) is 43.7 Å². The summed E-state index contributed by atoms with van der Waals surface area (Å²) >= 11 is 1.68. The van der Waals surface area contributed by atoms with Crippen LogP contribution in [0.25, 0.3) is 0 Å². The van der Waals surface area contributed by atoms with Crippen molar-refractivity contribution in [2.75, 3.05) is 37.7 Å². The Morgan fingerprint density at radius 1 is 1.43 bits per heavy atom. The number of nitrogens with one attached hydrogen (secondary N) is 1. The summed E-state index contributed by atoms with van der Waals surface area (Å²) in [5, 5.41) is 7.15. The van der Waals surface area contributed by atoms with Gasteiger partial charge in [-0.3, -0.25) is 9.78 Å². The molecule has 0 saturated carbocycles.